The number of fused-ring (bicyclic) bond motifs is 1. The van der Waals surface area contributed by atoms with Crippen molar-refractivity contribution in [3.8, 4) is 0 Å². The molecule has 1 fully saturated rings. The molecule has 0 aliphatic carbocycles. The predicted molar refractivity (Wildman–Crippen MR) is 121 cm³/mol. The lowest BCUT2D eigenvalue weighted by molar-refractivity contribution is -0.121. The number of thiophene rings is 1. The molecule has 1 N–H and O–H groups in total. The van der Waals surface area contributed by atoms with Gasteiger partial charge in [-0.25, -0.2) is 8.42 Å². The van der Waals surface area contributed by atoms with E-state index in [0.717, 1.165) is 21.3 Å². The van der Waals surface area contributed by atoms with Gasteiger partial charge in [0.05, 0.1) is 6.04 Å². The quantitative estimate of drug-likeness (QED) is 0.655. The Kier molecular flexibility index (Phi) is 5.92. The van der Waals surface area contributed by atoms with Crippen LogP contribution in [0.15, 0.2) is 58.8 Å². The van der Waals surface area contributed by atoms with Crippen molar-refractivity contribution >= 4 is 43.7 Å². The molecular formula is C22H25N3O3S2. The number of hydrogen-bond donors (Lipinski definition) is 1. The number of carbonyl (C=O) groups excluding carboxylic acids is 1. The molecule has 1 atom stereocenters. The van der Waals surface area contributed by atoms with E-state index in [4.69, 9.17) is 0 Å². The van der Waals surface area contributed by atoms with Gasteiger partial charge < -0.3 is 5.32 Å². The first-order valence-corrected chi connectivity index (χ1v) is 12.2. The fourth-order valence-electron chi connectivity index (χ4n) is 3.69. The lowest BCUT2D eigenvalue weighted by atomic mass is 10.1. The van der Waals surface area contributed by atoms with E-state index in [0.29, 0.717) is 30.4 Å². The first kappa shape index (κ1) is 21.0. The molecule has 2 aromatic carbocycles. The van der Waals surface area contributed by atoms with Crippen molar-refractivity contribution in [1.29, 1.82) is 0 Å². The highest BCUT2D eigenvalue weighted by molar-refractivity contribution is 7.91. The SMILES string of the molecule is Cc1ccc(S(=O)(=O)N2CCN(C(C)C(=O)Nc3ccc4ccccc4c3)CC2)s1. The summed E-state index contributed by atoms with van der Waals surface area (Å²) in [6.45, 7) is 5.58. The molecule has 30 heavy (non-hydrogen) atoms. The third kappa shape index (κ3) is 4.27. The van der Waals surface area contributed by atoms with Crippen LogP contribution in [0.2, 0.25) is 0 Å². The van der Waals surface area contributed by atoms with Crippen LogP contribution in [0.1, 0.15) is 11.8 Å². The smallest absolute Gasteiger partial charge is 0.252 e. The number of piperazine rings is 1. The summed E-state index contributed by atoms with van der Waals surface area (Å²) in [6.07, 6.45) is 0. The van der Waals surface area contributed by atoms with Gasteiger partial charge in [-0.2, -0.15) is 4.31 Å². The average Bonchev–Trinajstić information content (AvgIpc) is 3.20. The van der Waals surface area contributed by atoms with E-state index in [-0.39, 0.29) is 11.9 Å². The van der Waals surface area contributed by atoms with Crippen LogP contribution in [0.25, 0.3) is 10.8 Å². The van der Waals surface area contributed by atoms with Gasteiger partial charge in [0.1, 0.15) is 4.21 Å². The molecule has 0 saturated carbocycles. The number of aryl methyl sites for hydroxylation is 1. The van der Waals surface area contributed by atoms with Gasteiger partial charge in [-0.05, 0) is 48.9 Å². The van der Waals surface area contributed by atoms with Gasteiger partial charge >= 0.3 is 0 Å². The molecule has 158 valence electrons. The number of hydrogen-bond acceptors (Lipinski definition) is 5. The number of nitrogens with zero attached hydrogens (tertiary/aromatic N) is 2. The molecular weight excluding hydrogens is 418 g/mol. The summed E-state index contributed by atoms with van der Waals surface area (Å²) in [4.78, 5) is 15.8. The molecule has 0 spiro atoms. The minimum absolute atomic E-state index is 0.0875. The van der Waals surface area contributed by atoms with Gasteiger partial charge in [0.15, 0.2) is 0 Å². The molecule has 4 rings (SSSR count). The third-order valence-corrected chi connectivity index (χ3v) is 8.89. The van der Waals surface area contributed by atoms with Crippen LogP contribution in [-0.4, -0.2) is 55.8 Å². The van der Waals surface area contributed by atoms with Gasteiger partial charge in [0.2, 0.25) is 5.91 Å². The highest BCUT2D eigenvalue weighted by Crippen LogP contribution is 2.25. The molecule has 1 unspecified atom stereocenters. The zero-order valence-corrected chi connectivity index (χ0v) is 18.7. The van der Waals surface area contributed by atoms with E-state index in [1.54, 1.807) is 6.07 Å². The van der Waals surface area contributed by atoms with Crippen molar-refractivity contribution in [2.75, 3.05) is 31.5 Å². The topological polar surface area (TPSA) is 69.7 Å². The third-order valence-electron chi connectivity index (χ3n) is 5.53. The van der Waals surface area contributed by atoms with Gasteiger partial charge in [-0.3, -0.25) is 9.69 Å². The Labute approximate surface area is 181 Å². The number of amides is 1. The van der Waals surface area contributed by atoms with Crippen molar-refractivity contribution in [3.05, 3.63) is 59.5 Å². The Balaban J connectivity index is 1.37. The summed E-state index contributed by atoms with van der Waals surface area (Å²) in [5, 5.41) is 5.19. The van der Waals surface area contributed by atoms with Crippen molar-refractivity contribution in [1.82, 2.24) is 9.21 Å². The zero-order chi connectivity index (χ0) is 21.3. The normalized spacial score (nSPS) is 17.1. The molecule has 2 heterocycles. The van der Waals surface area contributed by atoms with Crippen LogP contribution in [0.3, 0.4) is 0 Å². The van der Waals surface area contributed by atoms with E-state index in [1.165, 1.54) is 15.6 Å². The van der Waals surface area contributed by atoms with E-state index < -0.39 is 10.0 Å². The van der Waals surface area contributed by atoms with Crippen LogP contribution >= 0.6 is 11.3 Å². The van der Waals surface area contributed by atoms with Crippen molar-refractivity contribution in [2.24, 2.45) is 0 Å². The number of rotatable bonds is 5. The van der Waals surface area contributed by atoms with Gasteiger partial charge in [-0.15, -0.1) is 11.3 Å². The Morgan fingerprint density at radius 1 is 1.00 bits per heavy atom. The highest BCUT2D eigenvalue weighted by atomic mass is 32.2. The van der Waals surface area contributed by atoms with Crippen LogP contribution < -0.4 is 5.32 Å². The molecule has 0 bridgehead atoms. The zero-order valence-electron chi connectivity index (χ0n) is 17.0. The standard InChI is InChI=1S/C22H25N3O3S2/c1-16-7-10-21(29-16)30(27,28)25-13-11-24(12-14-25)17(2)22(26)23-20-9-8-18-5-3-4-6-19(18)15-20/h3-10,15,17H,11-14H2,1-2H3,(H,23,26). The summed E-state index contributed by atoms with van der Waals surface area (Å²) >= 11 is 1.29. The summed E-state index contributed by atoms with van der Waals surface area (Å²) in [7, 11) is -3.46. The van der Waals surface area contributed by atoms with E-state index >= 15 is 0 Å². The summed E-state index contributed by atoms with van der Waals surface area (Å²) in [6, 6.07) is 17.0. The maximum Gasteiger partial charge on any atom is 0.252 e. The van der Waals surface area contributed by atoms with Crippen LogP contribution in [-0.2, 0) is 14.8 Å². The molecule has 3 aromatic rings. The monoisotopic (exact) mass is 443 g/mol. The van der Waals surface area contributed by atoms with E-state index in [9.17, 15) is 13.2 Å². The maximum atomic E-state index is 12.8. The van der Waals surface area contributed by atoms with Crippen molar-refractivity contribution in [2.45, 2.75) is 24.1 Å². The molecule has 1 aliphatic heterocycles. The Bertz CT molecular complexity index is 1170. The minimum atomic E-state index is -3.46. The number of sulfonamides is 1. The molecule has 1 aromatic heterocycles. The first-order valence-electron chi connectivity index (χ1n) is 9.95. The average molecular weight is 444 g/mol. The van der Waals surface area contributed by atoms with Crippen molar-refractivity contribution in [3.63, 3.8) is 0 Å². The predicted octanol–water partition coefficient (Wildman–Crippen LogP) is 3.54. The van der Waals surface area contributed by atoms with E-state index in [1.807, 2.05) is 67.3 Å². The largest absolute Gasteiger partial charge is 0.325 e. The summed E-state index contributed by atoms with van der Waals surface area (Å²) < 4.78 is 27.5. The van der Waals surface area contributed by atoms with Crippen LogP contribution in [0.4, 0.5) is 5.69 Å². The highest BCUT2D eigenvalue weighted by Gasteiger charge is 2.32. The van der Waals surface area contributed by atoms with Gasteiger partial charge in [0, 0.05) is 36.7 Å². The first-order chi connectivity index (χ1) is 14.3. The number of nitrogens with one attached hydrogen (secondary N) is 1. The Morgan fingerprint density at radius 2 is 1.70 bits per heavy atom. The van der Waals surface area contributed by atoms with Gasteiger partial charge in [-0.1, -0.05) is 30.3 Å². The summed E-state index contributed by atoms with van der Waals surface area (Å²) in [5.41, 5.74) is 0.764. The Hall–Kier alpha value is -2.26. The second-order valence-electron chi connectivity index (χ2n) is 7.53. The molecule has 6 nitrogen and oxygen atoms in total. The lowest BCUT2D eigenvalue weighted by Crippen LogP contribution is -2.53. The number of anilines is 1. The van der Waals surface area contributed by atoms with E-state index in [2.05, 4.69) is 5.32 Å². The van der Waals surface area contributed by atoms with Crippen LogP contribution in [0, 0.1) is 6.92 Å². The van der Waals surface area contributed by atoms with Crippen LogP contribution in [0.5, 0.6) is 0 Å². The molecule has 1 aliphatic rings. The fraction of sp³-hybridized carbons (Fsp3) is 0.318. The Morgan fingerprint density at radius 3 is 2.37 bits per heavy atom. The molecule has 1 saturated heterocycles. The second-order valence-corrected chi connectivity index (χ2v) is 11.0. The van der Waals surface area contributed by atoms with Gasteiger partial charge in [0.25, 0.3) is 10.0 Å². The molecule has 1 amide bonds. The lowest BCUT2D eigenvalue weighted by Gasteiger charge is -2.36. The molecule has 0 radical (unpaired) electrons. The number of carbonyl (C=O) groups is 1. The fourth-order valence-corrected chi connectivity index (χ4v) is 6.55. The molecule has 8 heteroatoms. The summed E-state index contributed by atoms with van der Waals surface area (Å²) in [5.74, 6) is -0.0875. The van der Waals surface area contributed by atoms with Crippen molar-refractivity contribution < 1.29 is 13.2 Å². The maximum absolute atomic E-state index is 12.8. The second kappa shape index (κ2) is 8.47. The minimum Gasteiger partial charge on any atom is -0.325 e. The number of benzene rings is 2.